The Morgan fingerprint density at radius 3 is 2.84 bits per heavy atom. The average Bonchev–Trinajstić information content (AvgIpc) is 2.43. The second-order valence-corrected chi connectivity index (χ2v) is 5.40. The monoisotopic (exact) mass is 263 g/mol. The Morgan fingerprint density at radius 2 is 2.16 bits per heavy atom. The van der Waals surface area contributed by atoms with Gasteiger partial charge in [0, 0.05) is 24.0 Å². The number of rotatable bonds is 5. The zero-order chi connectivity index (χ0) is 13.7. The molecule has 0 aliphatic heterocycles. The minimum atomic E-state index is 0.299. The molecule has 0 spiro atoms. The molecule has 1 saturated carbocycles. The highest BCUT2D eigenvalue weighted by Gasteiger charge is 2.26. The van der Waals surface area contributed by atoms with Gasteiger partial charge in [-0.2, -0.15) is 0 Å². The number of hydrogen-bond donors (Lipinski definition) is 1. The van der Waals surface area contributed by atoms with Gasteiger partial charge in [0.25, 0.3) is 0 Å². The average molecular weight is 263 g/mol. The third kappa shape index (κ3) is 3.66. The molecule has 1 fully saturated rings. The molecule has 0 bridgehead atoms. The van der Waals surface area contributed by atoms with E-state index in [1.807, 2.05) is 20.2 Å². The Bertz CT molecular complexity index is 408. The number of nitrogens with one attached hydrogen (secondary N) is 1. The lowest BCUT2D eigenvalue weighted by Crippen LogP contribution is -2.30. The number of aromatic nitrogens is 2. The van der Waals surface area contributed by atoms with Crippen LogP contribution in [0, 0.1) is 12.8 Å². The van der Waals surface area contributed by atoms with Crippen molar-refractivity contribution < 1.29 is 4.74 Å². The zero-order valence-electron chi connectivity index (χ0n) is 12.3. The molecule has 1 N–H and O–H groups in total. The fourth-order valence-corrected chi connectivity index (χ4v) is 2.82. The largest absolute Gasteiger partial charge is 0.460 e. The van der Waals surface area contributed by atoms with Gasteiger partial charge in [-0.25, -0.2) is 9.97 Å². The summed E-state index contributed by atoms with van der Waals surface area (Å²) in [5.41, 5.74) is 2.13. The van der Waals surface area contributed by atoms with Crippen LogP contribution in [0.5, 0.6) is 6.01 Å². The van der Waals surface area contributed by atoms with E-state index in [1.54, 1.807) is 0 Å². The van der Waals surface area contributed by atoms with Crippen LogP contribution in [0.15, 0.2) is 6.20 Å². The molecule has 2 rings (SSSR count). The molecule has 106 valence electrons. The molecule has 1 aromatic heterocycles. The smallest absolute Gasteiger partial charge is 0.316 e. The van der Waals surface area contributed by atoms with Crippen LogP contribution in [-0.2, 0) is 6.54 Å². The summed E-state index contributed by atoms with van der Waals surface area (Å²) in [6, 6.07) is 0.544. The summed E-state index contributed by atoms with van der Waals surface area (Å²) < 4.78 is 6.03. The molecule has 4 heteroatoms. The highest BCUT2D eigenvalue weighted by Crippen LogP contribution is 2.29. The fourth-order valence-electron chi connectivity index (χ4n) is 2.82. The van der Waals surface area contributed by atoms with E-state index in [2.05, 4.69) is 22.2 Å². The molecule has 0 radical (unpaired) electrons. The first-order chi connectivity index (χ1) is 9.24. The van der Waals surface area contributed by atoms with Gasteiger partial charge in [-0.15, -0.1) is 0 Å². The summed E-state index contributed by atoms with van der Waals surface area (Å²) in [5.74, 6) is 0.662. The Morgan fingerprint density at radius 1 is 1.37 bits per heavy atom. The van der Waals surface area contributed by atoms with E-state index in [0.717, 1.165) is 24.2 Å². The summed E-state index contributed by atoms with van der Waals surface area (Å²) in [7, 11) is 1.93. The van der Waals surface area contributed by atoms with Crippen LogP contribution in [-0.4, -0.2) is 23.1 Å². The van der Waals surface area contributed by atoms with E-state index in [0.29, 0.717) is 18.0 Å². The van der Waals surface area contributed by atoms with Crippen LogP contribution >= 0.6 is 0 Å². The summed E-state index contributed by atoms with van der Waals surface area (Å²) in [6.45, 7) is 5.06. The van der Waals surface area contributed by atoms with Crippen LogP contribution in [0.2, 0.25) is 0 Å². The maximum atomic E-state index is 6.03. The van der Waals surface area contributed by atoms with E-state index < -0.39 is 0 Å². The summed E-state index contributed by atoms with van der Waals surface area (Å²) in [4.78, 5) is 8.83. The first-order valence-corrected chi connectivity index (χ1v) is 7.38. The standard InChI is InChI=1S/C15H25N3O/c1-4-12-7-5-6-8-14(12)19-15-17-10-13(9-16-3)11(2)18-15/h10,12,14,16H,4-9H2,1-3H3. The van der Waals surface area contributed by atoms with Gasteiger partial charge in [-0.1, -0.05) is 13.3 Å². The molecule has 1 aliphatic carbocycles. The maximum Gasteiger partial charge on any atom is 0.316 e. The molecular formula is C15H25N3O. The van der Waals surface area contributed by atoms with Crippen molar-refractivity contribution in [3.05, 3.63) is 17.5 Å². The molecule has 4 nitrogen and oxygen atoms in total. The summed E-state index contributed by atoms with van der Waals surface area (Å²) >= 11 is 0. The van der Waals surface area contributed by atoms with Gasteiger partial charge in [0.15, 0.2) is 0 Å². The lowest BCUT2D eigenvalue weighted by Gasteiger charge is -2.30. The molecular weight excluding hydrogens is 238 g/mol. The maximum absolute atomic E-state index is 6.03. The van der Waals surface area contributed by atoms with Crippen molar-refractivity contribution in [2.75, 3.05) is 7.05 Å². The molecule has 1 aliphatic rings. The Balaban J connectivity index is 2.03. The summed E-state index contributed by atoms with van der Waals surface area (Å²) in [6.07, 6.45) is 8.36. The summed E-state index contributed by atoms with van der Waals surface area (Å²) in [5, 5.41) is 3.12. The predicted octanol–water partition coefficient (Wildman–Crippen LogP) is 2.85. The van der Waals surface area contributed by atoms with Gasteiger partial charge < -0.3 is 10.1 Å². The molecule has 0 aromatic carbocycles. The van der Waals surface area contributed by atoms with Gasteiger partial charge in [0.2, 0.25) is 0 Å². The molecule has 0 saturated heterocycles. The third-order valence-corrected chi connectivity index (χ3v) is 4.05. The molecule has 2 unspecified atom stereocenters. The van der Waals surface area contributed by atoms with Gasteiger partial charge in [-0.3, -0.25) is 0 Å². The quantitative estimate of drug-likeness (QED) is 0.887. The van der Waals surface area contributed by atoms with Crippen molar-refractivity contribution in [1.29, 1.82) is 0 Å². The van der Waals surface area contributed by atoms with Crippen LogP contribution in [0.1, 0.15) is 50.3 Å². The van der Waals surface area contributed by atoms with Crippen molar-refractivity contribution in [3.8, 4) is 6.01 Å². The highest BCUT2D eigenvalue weighted by atomic mass is 16.5. The van der Waals surface area contributed by atoms with E-state index >= 15 is 0 Å². The van der Waals surface area contributed by atoms with Crippen molar-refractivity contribution in [1.82, 2.24) is 15.3 Å². The first kappa shape index (κ1) is 14.3. The lowest BCUT2D eigenvalue weighted by molar-refractivity contribution is 0.0807. The van der Waals surface area contributed by atoms with Gasteiger partial charge >= 0.3 is 6.01 Å². The van der Waals surface area contributed by atoms with Gasteiger partial charge in [-0.05, 0) is 45.6 Å². The Kier molecular flexibility index (Phi) is 5.14. The second kappa shape index (κ2) is 6.85. The molecule has 1 heterocycles. The second-order valence-electron chi connectivity index (χ2n) is 5.40. The molecule has 2 atom stereocenters. The van der Waals surface area contributed by atoms with Crippen molar-refractivity contribution in [2.45, 2.75) is 58.6 Å². The Hall–Kier alpha value is -1.16. The number of aryl methyl sites for hydroxylation is 1. The van der Waals surface area contributed by atoms with Crippen LogP contribution in [0.25, 0.3) is 0 Å². The third-order valence-electron chi connectivity index (χ3n) is 4.05. The van der Waals surface area contributed by atoms with E-state index in [-0.39, 0.29) is 0 Å². The number of hydrogen-bond acceptors (Lipinski definition) is 4. The Labute approximate surface area is 116 Å². The van der Waals surface area contributed by atoms with Crippen molar-refractivity contribution in [2.24, 2.45) is 5.92 Å². The van der Waals surface area contributed by atoms with Gasteiger partial charge in [0.05, 0.1) is 0 Å². The highest BCUT2D eigenvalue weighted by molar-refractivity contribution is 5.17. The van der Waals surface area contributed by atoms with E-state index in [1.165, 1.54) is 25.7 Å². The fraction of sp³-hybridized carbons (Fsp3) is 0.733. The van der Waals surface area contributed by atoms with Crippen LogP contribution in [0.3, 0.4) is 0 Å². The SMILES string of the molecule is CCC1CCCCC1Oc1ncc(CNC)c(C)n1. The van der Waals surface area contributed by atoms with E-state index in [4.69, 9.17) is 4.74 Å². The van der Waals surface area contributed by atoms with Gasteiger partial charge in [0.1, 0.15) is 6.10 Å². The normalized spacial score (nSPS) is 23.3. The molecule has 19 heavy (non-hydrogen) atoms. The van der Waals surface area contributed by atoms with Crippen LogP contribution in [0.4, 0.5) is 0 Å². The predicted molar refractivity (Wildman–Crippen MR) is 76.2 cm³/mol. The molecule has 0 amide bonds. The minimum absolute atomic E-state index is 0.299. The minimum Gasteiger partial charge on any atom is -0.460 e. The molecule has 1 aromatic rings. The van der Waals surface area contributed by atoms with Crippen LogP contribution < -0.4 is 10.1 Å². The number of ether oxygens (including phenoxy) is 1. The first-order valence-electron chi connectivity index (χ1n) is 7.38. The topological polar surface area (TPSA) is 47.0 Å². The van der Waals surface area contributed by atoms with Crippen molar-refractivity contribution >= 4 is 0 Å². The van der Waals surface area contributed by atoms with Crippen molar-refractivity contribution in [3.63, 3.8) is 0 Å². The number of nitrogens with zero attached hydrogens (tertiary/aromatic N) is 2. The van der Waals surface area contributed by atoms with E-state index in [9.17, 15) is 0 Å². The zero-order valence-corrected chi connectivity index (χ0v) is 12.3. The lowest BCUT2D eigenvalue weighted by atomic mass is 9.85.